The molecule has 0 aliphatic carbocycles. The van der Waals surface area contributed by atoms with Gasteiger partial charge in [0.25, 0.3) is 10.0 Å². The lowest BCUT2D eigenvalue weighted by Crippen LogP contribution is -2.14. The number of nitrogens with one attached hydrogen (secondary N) is 1. The van der Waals surface area contributed by atoms with Crippen molar-refractivity contribution in [2.45, 2.75) is 4.90 Å². The van der Waals surface area contributed by atoms with Crippen LogP contribution in [0, 0.1) is 0 Å². The third-order valence-electron chi connectivity index (χ3n) is 3.15. The summed E-state index contributed by atoms with van der Waals surface area (Å²) in [7, 11) is -2.38. The summed E-state index contributed by atoms with van der Waals surface area (Å²) in [6, 6.07) is 11.4. The molecule has 3 rings (SSSR count). The number of tetrazole rings is 1. The fraction of sp³-hybridized carbons (Fsp3) is 0.0714. The quantitative estimate of drug-likeness (QED) is 0.693. The summed E-state index contributed by atoms with van der Waals surface area (Å²) >= 11 is 3.27. The monoisotopic (exact) mass is 409 g/mol. The van der Waals surface area contributed by atoms with E-state index in [2.05, 4.69) is 36.2 Å². The fourth-order valence-corrected chi connectivity index (χ4v) is 3.80. The maximum absolute atomic E-state index is 12.6. The van der Waals surface area contributed by atoms with E-state index in [1.54, 1.807) is 36.4 Å². The Hall–Kier alpha value is -2.46. The minimum Gasteiger partial charge on any atom is -0.495 e. The van der Waals surface area contributed by atoms with Crippen LogP contribution in [-0.2, 0) is 10.0 Å². The number of hydrogen-bond acceptors (Lipinski definition) is 6. The topological polar surface area (TPSA) is 99.0 Å². The fourth-order valence-electron chi connectivity index (χ4n) is 2.03. The number of ether oxygens (including phenoxy) is 1. The zero-order chi connectivity index (χ0) is 17.2. The Kier molecular flexibility index (Phi) is 4.49. The van der Waals surface area contributed by atoms with Crippen molar-refractivity contribution in [2.75, 3.05) is 11.8 Å². The van der Waals surface area contributed by atoms with Gasteiger partial charge in [-0.2, -0.15) is 0 Å². The molecule has 10 heteroatoms. The molecule has 0 aliphatic rings. The second-order valence-electron chi connectivity index (χ2n) is 4.70. The van der Waals surface area contributed by atoms with Gasteiger partial charge in [-0.15, -0.1) is 5.10 Å². The molecule has 0 radical (unpaired) electrons. The van der Waals surface area contributed by atoms with Crippen molar-refractivity contribution in [3.8, 4) is 11.4 Å². The molecule has 2 aromatic carbocycles. The number of benzene rings is 2. The van der Waals surface area contributed by atoms with Gasteiger partial charge in [0.2, 0.25) is 0 Å². The van der Waals surface area contributed by atoms with Crippen LogP contribution in [0.5, 0.6) is 5.75 Å². The molecular formula is C14H12BrN5O3S. The first kappa shape index (κ1) is 16.4. The Bertz CT molecular complexity index is 943. The van der Waals surface area contributed by atoms with E-state index in [0.717, 1.165) is 0 Å². The molecule has 124 valence electrons. The number of halogens is 1. The lowest BCUT2D eigenvalue weighted by Gasteiger charge is -2.12. The Labute approximate surface area is 146 Å². The van der Waals surface area contributed by atoms with E-state index < -0.39 is 10.0 Å². The van der Waals surface area contributed by atoms with Crippen molar-refractivity contribution < 1.29 is 13.2 Å². The molecule has 0 fully saturated rings. The van der Waals surface area contributed by atoms with Gasteiger partial charge in [0.05, 0.1) is 12.8 Å². The molecule has 24 heavy (non-hydrogen) atoms. The number of hydrogen-bond donors (Lipinski definition) is 1. The first-order valence-corrected chi connectivity index (χ1v) is 8.97. The first-order valence-electron chi connectivity index (χ1n) is 6.69. The summed E-state index contributed by atoms with van der Waals surface area (Å²) in [4.78, 5) is 0.0453. The van der Waals surface area contributed by atoms with E-state index >= 15 is 0 Å². The van der Waals surface area contributed by atoms with E-state index in [-0.39, 0.29) is 10.6 Å². The Morgan fingerprint density at radius 2 is 1.92 bits per heavy atom. The summed E-state index contributed by atoms with van der Waals surface area (Å²) < 4.78 is 34.9. The summed E-state index contributed by atoms with van der Waals surface area (Å²) in [5.74, 6) is 0.260. The largest absolute Gasteiger partial charge is 0.495 e. The van der Waals surface area contributed by atoms with Crippen molar-refractivity contribution in [2.24, 2.45) is 0 Å². The van der Waals surface area contributed by atoms with Gasteiger partial charge in [-0.25, -0.2) is 13.1 Å². The molecule has 0 aliphatic heterocycles. The summed E-state index contributed by atoms with van der Waals surface area (Å²) in [6.45, 7) is 0. The average Bonchev–Trinajstić information content (AvgIpc) is 3.10. The highest BCUT2D eigenvalue weighted by Crippen LogP contribution is 2.29. The van der Waals surface area contributed by atoms with Crippen LogP contribution in [0.2, 0.25) is 0 Å². The molecule has 0 amide bonds. The highest BCUT2D eigenvalue weighted by Gasteiger charge is 2.20. The lowest BCUT2D eigenvalue weighted by molar-refractivity contribution is 0.403. The molecule has 0 saturated heterocycles. The Balaban J connectivity index is 1.88. The molecule has 1 N–H and O–H groups in total. The number of methoxy groups -OCH3 is 1. The van der Waals surface area contributed by atoms with Crippen molar-refractivity contribution in [3.63, 3.8) is 0 Å². The average molecular weight is 410 g/mol. The van der Waals surface area contributed by atoms with Gasteiger partial charge < -0.3 is 4.74 Å². The number of rotatable bonds is 5. The van der Waals surface area contributed by atoms with Gasteiger partial charge in [-0.3, -0.25) is 4.72 Å². The van der Waals surface area contributed by atoms with Crippen molar-refractivity contribution >= 4 is 31.6 Å². The molecule has 1 aromatic heterocycles. The van der Waals surface area contributed by atoms with Crippen LogP contribution in [0.1, 0.15) is 0 Å². The van der Waals surface area contributed by atoms with E-state index in [0.29, 0.717) is 15.8 Å². The van der Waals surface area contributed by atoms with Gasteiger partial charge >= 0.3 is 0 Å². The highest BCUT2D eigenvalue weighted by atomic mass is 79.9. The number of sulfonamides is 1. The summed E-state index contributed by atoms with van der Waals surface area (Å²) in [5, 5.41) is 10.9. The normalized spacial score (nSPS) is 11.2. The van der Waals surface area contributed by atoms with Crippen LogP contribution in [-0.4, -0.2) is 35.7 Å². The number of anilines is 1. The van der Waals surface area contributed by atoms with Crippen LogP contribution in [0.4, 0.5) is 5.69 Å². The van der Waals surface area contributed by atoms with E-state index in [1.165, 1.54) is 24.2 Å². The minimum atomic E-state index is -3.80. The molecule has 1 heterocycles. The second kappa shape index (κ2) is 6.57. The predicted octanol–water partition coefficient (Wildman–Crippen LogP) is 2.23. The molecule has 0 spiro atoms. The van der Waals surface area contributed by atoms with E-state index in [9.17, 15) is 8.42 Å². The standard InChI is InChI=1S/C14H12BrN5O3S/c1-23-13-7-2-10(15)8-14(13)24(21,22)17-11-3-5-12(6-4-11)20-9-16-18-19-20/h2-9,17H,1H3. The molecular weight excluding hydrogens is 398 g/mol. The zero-order valence-electron chi connectivity index (χ0n) is 12.4. The van der Waals surface area contributed by atoms with Crippen LogP contribution < -0.4 is 9.46 Å². The van der Waals surface area contributed by atoms with Gasteiger partial charge in [0, 0.05) is 10.2 Å². The maximum atomic E-state index is 12.6. The molecule has 8 nitrogen and oxygen atoms in total. The van der Waals surface area contributed by atoms with Crippen molar-refractivity contribution in [3.05, 3.63) is 53.3 Å². The van der Waals surface area contributed by atoms with Crippen LogP contribution in [0.25, 0.3) is 5.69 Å². The van der Waals surface area contributed by atoms with Gasteiger partial charge in [0.15, 0.2) is 0 Å². The van der Waals surface area contributed by atoms with Gasteiger partial charge in [0.1, 0.15) is 17.0 Å². The molecule has 0 saturated carbocycles. The first-order chi connectivity index (χ1) is 11.5. The smallest absolute Gasteiger partial charge is 0.265 e. The van der Waals surface area contributed by atoms with Crippen molar-refractivity contribution in [1.29, 1.82) is 0 Å². The third-order valence-corrected chi connectivity index (χ3v) is 5.04. The van der Waals surface area contributed by atoms with E-state index in [1.807, 2.05) is 0 Å². The number of aromatic nitrogens is 4. The zero-order valence-corrected chi connectivity index (χ0v) is 14.8. The molecule has 0 bridgehead atoms. The van der Waals surface area contributed by atoms with Crippen molar-refractivity contribution in [1.82, 2.24) is 20.2 Å². The van der Waals surface area contributed by atoms with E-state index in [4.69, 9.17) is 4.74 Å². The maximum Gasteiger partial charge on any atom is 0.265 e. The summed E-state index contributed by atoms with van der Waals surface area (Å²) in [5.41, 5.74) is 1.12. The SMILES string of the molecule is COc1ccc(Br)cc1S(=O)(=O)Nc1ccc(-n2cnnn2)cc1. The van der Waals surface area contributed by atoms with Gasteiger partial charge in [-0.1, -0.05) is 15.9 Å². The van der Waals surface area contributed by atoms with Crippen LogP contribution >= 0.6 is 15.9 Å². The molecule has 0 atom stereocenters. The Morgan fingerprint density at radius 1 is 1.17 bits per heavy atom. The summed E-state index contributed by atoms with van der Waals surface area (Å²) in [6.07, 6.45) is 1.45. The van der Waals surface area contributed by atoms with Crippen LogP contribution in [0.15, 0.2) is 58.2 Å². The third kappa shape index (κ3) is 3.39. The van der Waals surface area contributed by atoms with Crippen LogP contribution in [0.3, 0.4) is 0 Å². The second-order valence-corrected chi connectivity index (χ2v) is 7.27. The van der Waals surface area contributed by atoms with Gasteiger partial charge in [-0.05, 0) is 52.9 Å². The number of nitrogens with zero attached hydrogens (tertiary/aromatic N) is 4. The lowest BCUT2D eigenvalue weighted by atomic mass is 10.3. The predicted molar refractivity (Wildman–Crippen MR) is 90.7 cm³/mol. The minimum absolute atomic E-state index is 0.0453. The molecule has 0 unspecified atom stereocenters. The Morgan fingerprint density at radius 3 is 2.54 bits per heavy atom. The molecule has 3 aromatic rings. The highest BCUT2D eigenvalue weighted by molar-refractivity contribution is 9.10.